The summed E-state index contributed by atoms with van der Waals surface area (Å²) in [5, 5.41) is 0. The van der Waals surface area contributed by atoms with E-state index >= 15 is 0 Å². The monoisotopic (exact) mass is 402 g/mol. The molecule has 0 unspecified atom stereocenters. The summed E-state index contributed by atoms with van der Waals surface area (Å²) in [6.45, 7) is 1.92. The van der Waals surface area contributed by atoms with Crippen molar-refractivity contribution in [3.05, 3.63) is 81.7 Å². The molecule has 0 amide bonds. The maximum Gasteiger partial charge on any atom is 0.355 e. The van der Waals surface area contributed by atoms with Crippen LogP contribution in [-0.2, 0) is 6.42 Å². The molecule has 0 aliphatic rings. The first-order chi connectivity index (χ1) is 14.4. The minimum Gasteiger partial charge on any atom is -0.383 e. The molecular formula is C20H18N8O2. The minimum atomic E-state index is -0.532. The second-order valence-electron chi connectivity index (χ2n) is 6.44. The third-order valence-corrected chi connectivity index (χ3v) is 4.39. The van der Waals surface area contributed by atoms with Crippen LogP contribution in [-0.4, -0.2) is 29.1 Å². The van der Waals surface area contributed by atoms with Crippen LogP contribution >= 0.6 is 0 Å². The van der Waals surface area contributed by atoms with Crippen LogP contribution in [0.4, 0.5) is 11.6 Å². The van der Waals surface area contributed by atoms with Gasteiger partial charge in [0.1, 0.15) is 23.3 Å². The van der Waals surface area contributed by atoms with Crippen LogP contribution in [0, 0.1) is 0 Å². The Kier molecular flexibility index (Phi) is 4.80. The van der Waals surface area contributed by atoms with Crippen LogP contribution in [0.2, 0.25) is 0 Å². The van der Waals surface area contributed by atoms with Gasteiger partial charge in [0.25, 0.3) is 0 Å². The number of aromatic nitrogens is 6. The first-order valence-corrected chi connectivity index (χ1v) is 9.14. The van der Waals surface area contributed by atoms with E-state index in [2.05, 4.69) is 19.9 Å². The largest absolute Gasteiger partial charge is 0.383 e. The molecule has 30 heavy (non-hydrogen) atoms. The molecule has 0 saturated carbocycles. The van der Waals surface area contributed by atoms with E-state index < -0.39 is 11.4 Å². The number of nitrogens with two attached hydrogens (primary N) is 2. The first kappa shape index (κ1) is 19.0. The van der Waals surface area contributed by atoms with Crippen molar-refractivity contribution in [1.29, 1.82) is 0 Å². The summed E-state index contributed by atoms with van der Waals surface area (Å²) in [4.78, 5) is 40.9. The number of rotatable bonds is 4. The number of nitrogen functional groups attached to an aromatic ring is 2. The average Bonchev–Trinajstić information content (AvgIpc) is 2.73. The van der Waals surface area contributed by atoms with Crippen molar-refractivity contribution >= 4 is 11.6 Å². The van der Waals surface area contributed by atoms with Crippen molar-refractivity contribution in [2.75, 3.05) is 11.5 Å². The Morgan fingerprint density at radius 2 is 1.50 bits per heavy atom. The van der Waals surface area contributed by atoms with E-state index in [4.69, 9.17) is 11.5 Å². The molecule has 150 valence electrons. The predicted molar refractivity (Wildman–Crippen MR) is 112 cm³/mol. The summed E-state index contributed by atoms with van der Waals surface area (Å²) in [6, 6.07) is 12.0. The molecule has 4 rings (SSSR count). The second kappa shape index (κ2) is 7.59. The summed E-state index contributed by atoms with van der Waals surface area (Å²) in [5.41, 5.74) is 12.1. The molecule has 0 atom stereocenters. The number of anilines is 2. The first-order valence-electron chi connectivity index (χ1n) is 9.14. The number of hydrogen-bond acceptors (Lipinski definition) is 8. The molecule has 0 fully saturated rings. The highest BCUT2D eigenvalue weighted by Crippen LogP contribution is 2.22. The molecule has 0 saturated heterocycles. The summed E-state index contributed by atoms with van der Waals surface area (Å²) in [7, 11) is 0. The quantitative estimate of drug-likeness (QED) is 0.513. The molecule has 0 spiro atoms. The van der Waals surface area contributed by atoms with Crippen molar-refractivity contribution in [2.24, 2.45) is 0 Å². The van der Waals surface area contributed by atoms with E-state index in [9.17, 15) is 9.59 Å². The Morgan fingerprint density at radius 3 is 2.13 bits per heavy atom. The van der Waals surface area contributed by atoms with Gasteiger partial charge in [-0.2, -0.15) is 9.97 Å². The van der Waals surface area contributed by atoms with Gasteiger partial charge in [-0.15, -0.1) is 0 Å². The van der Waals surface area contributed by atoms with Gasteiger partial charge in [-0.3, -0.25) is 9.13 Å². The zero-order valence-electron chi connectivity index (χ0n) is 16.1. The third kappa shape index (κ3) is 3.65. The van der Waals surface area contributed by atoms with E-state index in [1.54, 1.807) is 36.5 Å². The Hall–Kier alpha value is -4.34. The van der Waals surface area contributed by atoms with E-state index in [1.807, 2.05) is 13.0 Å². The average molecular weight is 402 g/mol. The molecular weight excluding hydrogens is 384 g/mol. The second-order valence-corrected chi connectivity index (χ2v) is 6.44. The summed E-state index contributed by atoms with van der Waals surface area (Å²) < 4.78 is 2.69. The highest BCUT2D eigenvalue weighted by Gasteiger charge is 2.11. The van der Waals surface area contributed by atoms with Crippen molar-refractivity contribution in [1.82, 2.24) is 29.1 Å². The van der Waals surface area contributed by atoms with Crippen LogP contribution < -0.4 is 22.8 Å². The molecule has 3 aromatic heterocycles. The van der Waals surface area contributed by atoms with Crippen LogP contribution in [0.1, 0.15) is 12.7 Å². The Balaban J connectivity index is 1.85. The van der Waals surface area contributed by atoms with Crippen molar-refractivity contribution < 1.29 is 0 Å². The molecule has 1 aromatic carbocycles. The van der Waals surface area contributed by atoms with E-state index in [-0.39, 0.29) is 11.6 Å². The molecule has 10 nitrogen and oxygen atoms in total. The Bertz CT molecular complexity index is 1360. The van der Waals surface area contributed by atoms with Gasteiger partial charge in [0.05, 0.1) is 11.4 Å². The van der Waals surface area contributed by atoms with Gasteiger partial charge < -0.3 is 11.5 Å². The summed E-state index contributed by atoms with van der Waals surface area (Å²) in [6.07, 6.45) is 3.65. The third-order valence-electron chi connectivity index (χ3n) is 4.39. The molecule has 0 aliphatic carbocycles. The predicted octanol–water partition coefficient (Wildman–Crippen LogP) is 0.962. The highest BCUT2D eigenvalue weighted by atomic mass is 16.1. The van der Waals surface area contributed by atoms with Crippen LogP contribution in [0.25, 0.3) is 22.8 Å². The maximum absolute atomic E-state index is 12.2. The lowest BCUT2D eigenvalue weighted by Crippen LogP contribution is -2.23. The maximum atomic E-state index is 12.2. The summed E-state index contributed by atoms with van der Waals surface area (Å²) in [5.74, 6) is 1.23. The van der Waals surface area contributed by atoms with Gasteiger partial charge >= 0.3 is 11.4 Å². The normalized spacial score (nSPS) is 10.8. The van der Waals surface area contributed by atoms with Crippen LogP contribution in [0.15, 0.2) is 64.4 Å². The zero-order chi connectivity index (χ0) is 21.3. The molecule has 0 radical (unpaired) electrons. The molecule has 10 heteroatoms. The van der Waals surface area contributed by atoms with Crippen molar-refractivity contribution in [2.45, 2.75) is 13.3 Å². The van der Waals surface area contributed by atoms with Gasteiger partial charge in [0.15, 0.2) is 0 Å². The van der Waals surface area contributed by atoms with Crippen molar-refractivity contribution in [3.8, 4) is 22.8 Å². The number of nitrogens with zero attached hydrogens (tertiary/aromatic N) is 6. The zero-order valence-corrected chi connectivity index (χ0v) is 16.1. The van der Waals surface area contributed by atoms with E-state index in [0.29, 0.717) is 29.4 Å². The summed E-state index contributed by atoms with van der Waals surface area (Å²) >= 11 is 0. The lowest BCUT2D eigenvalue weighted by Gasteiger charge is -2.11. The fourth-order valence-electron chi connectivity index (χ4n) is 2.93. The SMILES string of the molecule is CCc1nc(-c2cccc(-n3ccc(N)nc3=O)c2)cc(-n2ccc(N)nc2=O)n1. The lowest BCUT2D eigenvalue weighted by molar-refractivity contribution is 0.844. The van der Waals surface area contributed by atoms with Crippen molar-refractivity contribution in [3.63, 3.8) is 0 Å². The molecule has 4 aromatic rings. The Morgan fingerprint density at radius 1 is 0.833 bits per heavy atom. The molecule has 0 aliphatic heterocycles. The van der Waals surface area contributed by atoms with Gasteiger partial charge in [0, 0.05) is 30.4 Å². The number of aryl methyl sites for hydroxylation is 1. The number of benzene rings is 1. The van der Waals surface area contributed by atoms with Gasteiger partial charge in [-0.05, 0) is 24.3 Å². The smallest absolute Gasteiger partial charge is 0.355 e. The Labute approximate surface area is 170 Å². The lowest BCUT2D eigenvalue weighted by atomic mass is 10.1. The van der Waals surface area contributed by atoms with E-state index in [1.165, 1.54) is 21.4 Å². The molecule has 3 heterocycles. The number of hydrogen-bond donors (Lipinski definition) is 2. The minimum absolute atomic E-state index is 0.136. The highest BCUT2D eigenvalue weighted by molar-refractivity contribution is 5.64. The molecule has 4 N–H and O–H groups in total. The topological polar surface area (TPSA) is 148 Å². The molecule has 0 bridgehead atoms. The fraction of sp³-hybridized carbons (Fsp3) is 0.100. The van der Waals surface area contributed by atoms with Gasteiger partial charge in [-0.1, -0.05) is 19.1 Å². The van der Waals surface area contributed by atoms with Crippen LogP contribution in [0.5, 0.6) is 0 Å². The standard InChI is InChI=1S/C20H18N8O2/c1-2-17-23-14(11-18(26-17)28-9-7-16(22)25-20(28)30)12-4-3-5-13(10-12)27-8-6-15(21)24-19(27)29/h3-11H,2H2,1H3,(H2,21,24,29)(H2,22,25,30). The van der Waals surface area contributed by atoms with Gasteiger partial charge in [-0.25, -0.2) is 19.6 Å². The van der Waals surface area contributed by atoms with E-state index in [0.717, 1.165) is 5.56 Å². The van der Waals surface area contributed by atoms with Gasteiger partial charge in [0.2, 0.25) is 0 Å². The van der Waals surface area contributed by atoms with Crippen LogP contribution in [0.3, 0.4) is 0 Å². The fourth-order valence-corrected chi connectivity index (χ4v) is 2.93.